The van der Waals surface area contributed by atoms with Crippen LogP contribution in [0.5, 0.6) is 11.5 Å². The molecule has 3 aromatic rings. The highest BCUT2D eigenvalue weighted by atomic mass is 19.1. The second-order valence-electron chi connectivity index (χ2n) is 7.71. The maximum atomic E-state index is 13.2. The van der Waals surface area contributed by atoms with Gasteiger partial charge < -0.3 is 9.64 Å². The molecule has 1 aliphatic rings. The molecule has 5 nitrogen and oxygen atoms in total. The molecule has 1 unspecified atom stereocenters. The highest BCUT2D eigenvalue weighted by Gasteiger charge is 2.21. The van der Waals surface area contributed by atoms with Crippen LogP contribution in [-0.2, 0) is 6.54 Å². The van der Waals surface area contributed by atoms with E-state index in [4.69, 9.17) is 4.74 Å². The number of benzene rings is 2. The predicted molar refractivity (Wildman–Crippen MR) is 112 cm³/mol. The number of aryl methyl sites for hydroxylation is 1. The van der Waals surface area contributed by atoms with E-state index in [9.17, 15) is 9.18 Å². The lowest BCUT2D eigenvalue weighted by Gasteiger charge is -2.32. The van der Waals surface area contributed by atoms with Gasteiger partial charge in [-0.05, 0) is 81.2 Å². The molecule has 1 aliphatic heterocycles. The van der Waals surface area contributed by atoms with Crippen LogP contribution >= 0.6 is 0 Å². The molecule has 6 heteroatoms. The van der Waals surface area contributed by atoms with Gasteiger partial charge in [0.25, 0.3) is 5.56 Å². The van der Waals surface area contributed by atoms with Gasteiger partial charge in [0.05, 0.1) is 10.9 Å². The number of hydrogen-bond donors (Lipinski definition) is 0. The number of hydrogen-bond acceptors (Lipinski definition) is 4. The number of aromatic nitrogens is 2. The zero-order valence-electron chi connectivity index (χ0n) is 16.9. The number of piperidine rings is 1. The highest BCUT2D eigenvalue weighted by Crippen LogP contribution is 2.25. The molecular formula is C23H26FN3O2. The minimum absolute atomic E-state index is 0.0364. The summed E-state index contributed by atoms with van der Waals surface area (Å²) < 4.78 is 20.7. The highest BCUT2D eigenvalue weighted by molar-refractivity contribution is 5.79. The number of likely N-dealkylation sites (tertiary alicyclic amines) is 1. The monoisotopic (exact) mass is 395 g/mol. The predicted octanol–water partition coefficient (Wildman–Crippen LogP) is 4.37. The molecule has 1 fully saturated rings. The Morgan fingerprint density at radius 3 is 2.69 bits per heavy atom. The first-order chi connectivity index (χ1) is 14.0. The second kappa shape index (κ2) is 8.33. The summed E-state index contributed by atoms with van der Waals surface area (Å²) in [5, 5.41) is 0.540. The topological polar surface area (TPSA) is 47.4 Å². The average Bonchev–Trinajstić information content (AvgIpc) is 2.73. The molecule has 152 valence electrons. The van der Waals surface area contributed by atoms with Gasteiger partial charge in [-0.15, -0.1) is 0 Å². The van der Waals surface area contributed by atoms with E-state index in [1.165, 1.54) is 18.6 Å². The summed E-state index contributed by atoms with van der Waals surface area (Å²) in [4.78, 5) is 20.3. The third-order valence-corrected chi connectivity index (χ3v) is 5.66. The molecule has 0 saturated carbocycles. The van der Waals surface area contributed by atoms with E-state index < -0.39 is 0 Å². The molecule has 0 spiro atoms. The van der Waals surface area contributed by atoms with Crippen molar-refractivity contribution >= 4 is 10.9 Å². The molecule has 0 bridgehead atoms. The SMILES string of the molecule is CCN1CCCC(Cn2c(C)nc3ccc(Oc4ccc(F)cc4)cc3c2=O)C1. The zero-order valence-corrected chi connectivity index (χ0v) is 16.9. The number of rotatable bonds is 5. The first-order valence-corrected chi connectivity index (χ1v) is 10.2. The Hall–Kier alpha value is -2.73. The van der Waals surface area contributed by atoms with Gasteiger partial charge in [0.1, 0.15) is 23.1 Å². The fraction of sp³-hybridized carbons (Fsp3) is 0.391. The van der Waals surface area contributed by atoms with E-state index in [0.29, 0.717) is 34.9 Å². The quantitative estimate of drug-likeness (QED) is 0.644. The third-order valence-electron chi connectivity index (χ3n) is 5.66. The van der Waals surface area contributed by atoms with Gasteiger partial charge in [0.2, 0.25) is 0 Å². The fourth-order valence-corrected chi connectivity index (χ4v) is 4.07. The van der Waals surface area contributed by atoms with Gasteiger partial charge in [-0.3, -0.25) is 9.36 Å². The van der Waals surface area contributed by atoms with Crippen LogP contribution in [0.25, 0.3) is 10.9 Å². The van der Waals surface area contributed by atoms with Gasteiger partial charge in [0, 0.05) is 13.1 Å². The van der Waals surface area contributed by atoms with Crippen molar-refractivity contribution in [1.29, 1.82) is 0 Å². The van der Waals surface area contributed by atoms with E-state index in [1.54, 1.807) is 34.9 Å². The van der Waals surface area contributed by atoms with E-state index in [2.05, 4.69) is 16.8 Å². The van der Waals surface area contributed by atoms with Gasteiger partial charge in [0.15, 0.2) is 0 Å². The Bertz CT molecular complexity index is 1060. The summed E-state index contributed by atoms with van der Waals surface area (Å²) in [6, 6.07) is 11.1. The first kappa shape index (κ1) is 19.6. The van der Waals surface area contributed by atoms with Crippen molar-refractivity contribution in [2.75, 3.05) is 19.6 Å². The standard InChI is InChI=1S/C23H26FN3O2/c1-3-26-12-4-5-17(14-26)15-27-16(2)25-22-11-10-20(13-21(22)23(27)28)29-19-8-6-18(24)7-9-19/h6-11,13,17H,3-5,12,14-15H2,1-2H3. The Balaban J connectivity index is 1.63. The van der Waals surface area contributed by atoms with Crippen LogP contribution in [0.3, 0.4) is 0 Å². The maximum absolute atomic E-state index is 13.2. The molecule has 0 aliphatic carbocycles. The molecule has 1 atom stereocenters. The van der Waals surface area contributed by atoms with Crippen molar-refractivity contribution < 1.29 is 9.13 Å². The summed E-state index contributed by atoms with van der Waals surface area (Å²) in [6.45, 7) is 7.97. The lowest BCUT2D eigenvalue weighted by atomic mass is 9.98. The Morgan fingerprint density at radius 2 is 1.93 bits per heavy atom. The van der Waals surface area contributed by atoms with Crippen LogP contribution in [0, 0.1) is 18.7 Å². The molecule has 0 amide bonds. The number of nitrogens with zero attached hydrogens (tertiary/aromatic N) is 3. The summed E-state index contributed by atoms with van der Waals surface area (Å²) >= 11 is 0. The van der Waals surface area contributed by atoms with Crippen LogP contribution in [-0.4, -0.2) is 34.1 Å². The summed E-state index contributed by atoms with van der Waals surface area (Å²) in [5.41, 5.74) is 0.625. The van der Waals surface area contributed by atoms with Crippen LogP contribution in [0.2, 0.25) is 0 Å². The lowest BCUT2D eigenvalue weighted by Crippen LogP contribution is -2.38. The van der Waals surface area contributed by atoms with Crippen LogP contribution in [0.15, 0.2) is 47.3 Å². The number of ether oxygens (including phenoxy) is 1. The Morgan fingerprint density at radius 1 is 1.17 bits per heavy atom. The van der Waals surface area contributed by atoms with Crippen molar-refractivity contribution in [3.8, 4) is 11.5 Å². The molecule has 2 aromatic carbocycles. The smallest absolute Gasteiger partial charge is 0.261 e. The lowest BCUT2D eigenvalue weighted by molar-refractivity contribution is 0.168. The van der Waals surface area contributed by atoms with Crippen molar-refractivity contribution in [2.24, 2.45) is 5.92 Å². The van der Waals surface area contributed by atoms with Crippen LogP contribution in [0.1, 0.15) is 25.6 Å². The summed E-state index contributed by atoms with van der Waals surface area (Å²) in [5.74, 6) is 1.94. The first-order valence-electron chi connectivity index (χ1n) is 10.2. The molecule has 0 radical (unpaired) electrons. The number of halogens is 1. The molecule has 0 N–H and O–H groups in total. The molecule has 1 aromatic heterocycles. The Labute approximate surface area is 169 Å². The Kier molecular flexibility index (Phi) is 5.62. The van der Waals surface area contributed by atoms with E-state index >= 15 is 0 Å². The van der Waals surface area contributed by atoms with E-state index in [-0.39, 0.29) is 11.4 Å². The van der Waals surface area contributed by atoms with Crippen LogP contribution in [0.4, 0.5) is 4.39 Å². The normalized spacial score (nSPS) is 17.6. The minimum atomic E-state index is -0.317. The van der Waals surface area contributed by atoms with Gasteiger partial charge in [-0.2, -0.15) is 0 Å². The summed E-state index contributed by atoms with van der Waals surface area (Å²) in [6.07, 6.45) is 2.30. The average molecular weight is 395 g/mol. The molecule has 2 heterocycles. The third kappa shape index (κ3) is 4.32. The van der Waals surface area contributed by atoms with Crippen molar-refractivity contribution in [3.05, 3.63) is 64.5 Å². The fourth-order valence-electron chi connectivity index (χ4n) is 4.07. The van der Waals surface area contributed by atoms with Gasteiger partial charge in [-0.1, -0.05) is 6.92 Å². The maximum Gasteiger partial charge on any atom is 0.261 e. The van der Waals surface area contributed by atoms with Crippen molar-refractivity contribution in [1.82, 2.24) is 14.5 Å². The largest absolute Gasteiger partial charge is 0.457 e. The summed E-state index contributed by atoms with van der Waals surface area (Å²) in [7, 11) is 0. The zero-order chi connectivity index (χ0) is 20.4. The van der Waals surface area contributed by atoms with E-state index in [1.807, 2.05) is 6.92 Å². The van der Waals surface area contributed by atoms with Gasteiger partial charge >= 0.3 is 0 Å². The van der Waals surface area contributed by atoms with Crippen molar-refractivity contribution in [3.63, 3.8) is 0 Å². The van der Waals surface area contributed by atoms with E-state index in [0.717, 1.165) is 31.9 Å². The van der Waals surface area contributed by atoms with Gasteiger partial charge in [-0.25, -0.2) is 9.37 Å². The molecule has 29 heavy (non-hydrogen) atoms. The molecule has 4 rings (SSSR count). The second-order valence-corrected chi connectivity index (χ2v) is 7.71. The minimum Gasteiger partial charge on any atom is -0.457 e. The number of fused-ring (bicyclic) bond motifs is 1. The van der Waals surface area contributed by atoms with Crippen molar-refractivity contribution in [2.45, 2.75) is 33.2 Å². The molecule has 1 saturated heterocycles. The molecular weight excluding hydrogens is 369 g/mol. The van der Waals surface area contributed by atoms with Crippen LogP contribution < -0.4 is 10.3 Å².